The van der Waals surface area contributed by atoms with Gasteiger partial charge in [0.25, 0.3) is 0 Å². The summed E-state index contributed by atoms with van der Waals surface area (Å²) in [4.78, 5) is 0. The van der Waals surface area contributed by atoms with Crippen molar-refractivity contribution >= 4 is 0 Å². The fourth-order valence-corrected chi connectivity index (χ4v) is 1.94. The third-order valence-corrected chi connectivity index (χ3v) is 3.02. The SMILES string of the molecule is Cc1cc(-c2ccccc2)ccc1C#CCCCO. The average Bonchev–Trinajstić information content (AvgIpc) is 2.46. The predicted molar refractivity (Wildman–Crippen MR) is 79.8 cm³/mol. The summed E-state index contributed by atoms with van der Waals surface area (Å²) in [6.07, 6.45) is 1.49. The number of aryl methyl sites for hydroxylation is 1. The summed E-state index contributed by atoms with van der Waals surface area (Å²) >= 11 is 0. The van der Waals surface area contributed by atoms with Crippen LogP contribution in [0.25, 0.3) is 11.1 Å². The van der Waals surface area contributed by atoms with Crippen molar-refractivity contribution in [1.82, 2.24) is 0 Å². The fourth-order valence-electron chi connectivity index (χ4n) is 1.94. The van der Waals surface area contributed by atoms with Gasteiger partial charge < -0.3 is 5.11 Å². The minimum atomic E-state index is 0.209. The van der Waals surface area contributed by atoms with E-state index in [1.165, 1.54) is 16.7 Å². The highest BCUT2D eigenvalue weighted by atomic mass is 16.2. The zero-order valence-corrected chi connectivity index (χ0v) is 11.2. The lowest BCUT2D eigenvalue weighted by molar-refractivity contribution is 0.290. The van der Waals surface area contributed by atoms with Crippen LogP contribution in [0.3, 0.4) is 0 Å². The van der Waals surface area contributed by atoms with E-state index in [2.05, 4.69) is 49.1 Å². The molecule has 0 saturated carbocycles. The molecule has 2 rings (SSSR count). The van der Waals surface area contributed by atoms with E-state index in [1.54, 1.807) is 0 Å². The predicted octanol–water partition coefficient (Wildman–Crippen LogP) is 3.79. The van der Waals surface area contributed by atoms with Crippen LogP contribution in [0.2, 0.25) is 0 Å². The largest absolute Gasteiger partial charge is 0.396 e. The Hall–Kier alpha value is -2.04. The normalized spacial score (nSPS) is 9.79. The van der Waals surface area contributed by atoms with Crippen LogP contribution in [-0.2, 0) is 0 Å². The molecule has 1 N–H and O–H groups in total. The molecule has 0 amide bonds. The second kappa shape index (κ2) is 6.78. The first-order chi connectivity index (χ1) is 9.31. The van der Waals surface area contributed by atoms with Gasteiger partial charge in [-0.1, -0.05) is 54.3 Å². The molecule has 0 atom stereocenters. The Balaban J connectivity index is 2.20. The van der Waals surface area contributed by atoms with Crippen molar-refractivity contribution in [2.24, 2.45) is 0 Å². The molecule has 0 aliphatic heterocycles. The Bertz CT molecular complexity index is 588. The van der Waals surface area contributed by atoms with Gasteiger partial charge in [0.15, 0.2) is 0 Å². The highest BCUT2D eigenvalue weighted by molar-refractivity contribution is 5.65. The molecule has 1 nitrogen and oxygen atoms in total. The fraction of sp³-hybridized carbons (Fsp3) is 0.222. The molecule has 0 heterocycles. The van der Waals surface area contributed by atoms with Crippen LogP contribution in [0.1, 0.15) is 24.0 Å². The Labute approximate surface area is 114 Å². The summed E-state index contributed by atoms with van der Waals surface area (Å²) in [5.41, 5.74) is 4.71. The van der Waals surface area contributed by atoms with E-state index in [-0.39, 0.29) is 6.61 Å². The molecule has 96 valence electrons. The van der Waals surface area contributed by atoms with Gasteiger partial charge in [-0.05, 0) is 36.1 Å². The van der Waals surface area contributed by atoms with Crippen molar-refractivity contribution in [3.63, 3.8) is 0 Å². The van der Waals surface area contributed by atoms with Gasteiger partial charge in [-0.25, -0.2) is 0 Å². The lowest BCUT2D eigenvalue weighted by Gasteiger charge is -2.04. The first kappa shape index (κ1) is 13.4. The Morgan fingerprint density at radius 1 is 1.00 bits per heavy atom. The van der Waals surface area contributed by atoms with Crippen molar-refractivity contribution in [3.05, 3.63) is 59.7 Å². The van der Waals surface area contributed by atoms with Crippen LogP contribution in [0.5, 0.6) is 0 Å². The maximum Gasteiger partial charge on any atom is 0.0440 e. The average molecular weight is 250 g/mol. The van der Waals surface area contributed by atoms with Gasteiger partial charge in [0.05, 0.1) is 0 Å². The smallest absolute Gasteiger partial charge is 0.0440 e. The van der Waals surface area contributed by atoms with E-state index in [0.717, 1.165) is 18.4 Å². The van der Waals surface area contributed by atoms with E-state index in [0.29, 0.717) is 0 Å². The summed E-state index contributed by atoms with van der Waals surface area (Å²) in [6.45, 7) is 2.29. The van der Waals surface area contributed by atoms with Crippen molar-refractivity contribution in [2.75, 3.05) is 6.61 Å². The first-order valence-corrected chi connectivity index (χ1v) is 6.57. The van der Waals surface area contributed by atoms with Crippen molar-refractivity contribution in [2.45, 2.75) is 19.8 Å². The Morgan fingerprint density at radius 2 is 1.79 bits per heavy atom. The summed E-state index contributed by atoms with van der Waals surface area (Å²) in [5, 5.41) is 8.71. The highest BCUT2D eigenvalue weighted by Gasteiger charge is 1.99. The molecular weight excluding hydrogens is 232 g/mol. The van der Waals surface area contributed by atoms with Crippen LogP contribution in [0.15, 0.2) is 48.5 Å². The minimum Gasteiger partial charge on any atom is -0.396 e. The van der Waals surface area contributed by atoms with Crippen LogP contribution >= 0.6 is 0 Å². The summed E-state index contributed by atoms with van der Waals surface area (Å²) in [7, 11) is 0. The van der Waals surface area contributed by atoms with E-state index in [4.69, 9.17) is 5.11 Å². The zero-order valence-electron chi connectivity index (χ0n) is 11.2. The van der Waals surface area contributed by atoms with Crippen molar-refractivity contribution in [1.29, 1.82) is 0 Å². The van der Waals surface area contributed by atoms with Crippen molar-refractivity contribution < 1.29 is 5.11 Å². The molecule has 0 saturated heterocycles. The number of aliphatic hydroxyl groups excluding tert-OH is 1. The van der Waals surface area contributed by atoms with Gasteiger partial charge >= 0.3 is 0 Å². The maximum absolute atomic E-state index is 8.71. The molecule has 0 aliphatic rings. The molecule has 0 fully saturated rings. The standard InChI is InChI=1S/C18H18O/c1-15-14-18(17-9-4-2-5-10-17)12-11-16(15)8-6-3-7-13-19/h2,4-5,9-12,14,19H,3,7,13H2,1H3. The molecule has 2 aromatic carbocycles. The Kier molecular flexibility index (Phi) is 4.78. The van der Waals surface area contributed by atoms with E-state index < -0.39 is 0 Å². The van der Waals surface area contributed by atoms with E-state index in [9.17, 15) is 0 Å². The highest BCUT2D eigenvalue weighted by Crippen LogP contribution is 2.21. The number of benzene rings is 2. The van der Waals surface area contributed by atoms with Gasteiger partial charge in [0, 0.05) is 18.6 Å². The van der Waals surface area contributed by atoms with Gasteiger partial charge in [-0.15, -0.1) is 0 Å². The van der Waals surface area contributed by atoms with Gasteiger partial charge in [0.1, 0.15) is 0 Å². The van der Waals surface area contributed by atoms with E-state index >= 15 is 0 Å². The van der Waals surface area contributed by atoms with Crippen LogP contribution in [0, 0.1) is 18.8 Å². The molecule has 0 unspecified atom stereocenters. The second-order valence-electron chi connectivity index (χ2n) is 4.52. The summed E-state index contributed by atoms with van der Waals surface area (Å²) < 4.78 is 0. The van der Waals surface area contributed by atoms with Gasteiger partial charge in [-0.3, -0.25) is 0 Å². The molecule has 1 heteroatoms. The summed E-state index contributed by atoms with van der Waals surface area (Å²) in [5.74, 6) is 6.26. The van der Waals surface area contributed by atoms with Crippen LogP contribution < -0.4 is 0 Å². The van der Waals surface area contributed by atoms with Crippen LogP contribution in [0.4, 0.5) is 0 Å². The summed E-state index contributed by atoms with van der Waals surface area (Å²) in [6, 6.07) is 16.7. The molecule has 0 radical (unpaired) electrons. The minimum absolute atomic E-state index is 0.209. The third-order valence-electron chi connectivity index (χ3n) is 3.02. The third kappa shape index (κ3) is 3.71. The molecule has 0 bridgehead atoms. The number of aliphatic hydroxyl groups is 1. The maximum atomic E-state index is 8.71. The molecule has 0 aromatic heterocycles. The number of hydrogen-bond donors (Lipinski definition) is 1. The first-order valence-electron chi connectivity index (χ1n) is 6.57. The molecule has 0 aliphatic carbocycles. The zero-order chi connectivity index (χ0) is 13.5. The topological polar surface area (TPSA) is 20.2 Å². The number of hydrogen-bond acceptors (Lipinski definition) is 1. The number of unbranched alkanes of at least 4 members (excludes halogenated alkanes) is 1. The lowest BCUT2D eigenvalue weighted by Crippen LogP contribution is -1.85. The number of rotatable bonds is 3. The van der Waals surface area contributed by atoms with Crippen molar-refractivity contribution in [3.8, 4) is 23.0 Å². The molecule has 19 heavy (non-hydrogen) atoms. The van der Waals surface area contributed by atoms with Gasteiger partial charge in [0.2, 0.25) is 0 Å². The van der Waals surface area contributed by atoms with Gasteiger partial charge in [-0.2, -0.15) is 0 Å². The Morgan fingerprint density at radius 3 is 2.47 bits per heavy atom. The monoisotopic (exact) mass is 250 g/mol. The quantitative estimate of drug-likeness (QED) is 0.649. The van der Waals surface area contributed by atoms with E-state index in [1.807, 2.05) is 18.2 Å². The second-order valence-corrected chi connectivity index (χ2v) is 4.52. The lowest BCUT2D eigenvalue weighted by atomic mass is 10.00. The molecule has 0 spiro atoms. The molecule has 2 aromatic rings. The van der Waals surface area contributed by atoms with Crippen LogP contribution in [-0.4, -0.2) is 11.7 Å². The molecular formula is C18H18O.